The fraction of sp³-hybridized carbons (Fsp3) is 0.357. The van der Waals surface area contributed by atoms with Crippen LogP contribution in [0.1, 0.15) is 29.7 Å². The summed E-state index contributed by atoms with van der Waals surface area (Å²) in [7, 11) is 1.66. The van der Waals surface area contributed by atoms with Gasteiger partial charge in [-0.3, -0.25) is 4.68 Å². The third kappa shape index (κ3) is 1.78. The maximum atomic E-state index is 10.5. The van der Waals surface area contributed by atoms with Gasteiger partial charge >= 0.3 is 0 Å². The Bertz CT molecular complexity index is 537. The summed E-state index contributed by atoms with van der Waals surface area (Å²) in [5.74, 6) is 0.846. The van der Waals surface area contributed by atoms with E-state index in [4.69, 9.17) is 4.74 Å². The van der Waals surface area contributed by atoms with Gasteiger partial charge in [-0.25, -0.2) is 0 Å². The summed E-state index contributed by atoms with van der Waals surface area (Å²) in [6, 6.07) is 7.77. The lowest BCUT2D eigenvalue weighted by Gasteiger charge is -2.30. The third-order valence-corrected chi connectivity index (χ3v) is 3.61. The van der Waals surface area contributed by atoms with Crippen LogP contribution in [0.25, 0.3) is 0 Å². The lowest BCUT2D eigenvalue weighted by atomic mass is 9.86. The van der Waals surface area contributed by atoms with Crippen molar-refractivity contribution in [1.29, 1.82) is 0 Å². The number of methoxy groups -OCH3 is 1. The van der Waals surface area contributed by atoms with Crippen molar-refractivity contribution in [3.63, 3.8) is 0 Å². The molecule has 0 aliphatic heterocycles. The fourth-order valence-electron chi connectivity index (χ4n) is 2.64. The normalized spacial score (nSPS) is 22.6. The molecular formula is C14H16N2O2. The molecule has 0 fully saturated rings. The van der Waals surface area contributed by atoms with Crippen molar-refractivity contribution in [2.45, 2.75) is 25.0 Å². The Kier molecular flexibility index (Phi) is 2.80. The van der Waals surface area contributed by atoms with Gasteiger partial charge in [0.25, 0.3) is 0 Å². The molecule has 1 aliphatic rings. The molecular weight excluding hydrogens is 228 g/mol. The average Bonchev–Trinajstić information content (AvgIpc) is 2.92. The van der Waals surface area contributed by atoms with E-state index in [1.165, 1.54) is 5.56 Å². The number of hydrogen-bond donors (Lipinski definition) is 1. The molecule has 4 heteroatoms. The van der Waals surface area contributed by atoms with E-state index in [-0.39, 0.29) is 6.04 Å². The smallest absolute Gasteiger partial charge is 0.119 e. The Morgan fingerprint density at radius 1 is 1.44 bits per heavy atom. The maximum absolute atomic E-state index is 10.5. The first-order valence-corrected chi connectivity index (χ1v) is 6.13. The van der Waals surface area contributed by atoms with E-state index in [2.05, 4.69) is 5.10 Å². The van der Waals surface area contributed by atoms with E-state index in [0.717, 1.165) is 24.2 Å². The van der Waals surface area contributed by atoms with Crippen LogP contribution in [0.3, 0.4) is 0 Å². The minimum atomic E-state index is -0.500. The monoisotopic (exact) mass is 244 g/mol. The summed E-state index contributed by atoms with van der Waals surface area (Å²) in [5.41, 5.74) is 2.16. The number of aryl methyl sites for hydroxylation is 1. The first-order chi connectivity index (χ1) is 8.79. The maximum Gasteiger partial charge on any atom is 0.119 e. The zero-order valence-corrected chi connectivity index (χ0v) is 10.3. The Morgan fingerprint density at radius 3 is 3.06 bits per heavy atom. The second-order valence-electron chi connectivity index (χ2n) is 4.60. The summed E-state index contributed by atoms with van der Waals surface area (Å²) in [4.78, 5) is 0. The van der Waals surface area contributed by atoms with Crippen molar-refractivity contribution in [1.82, 2.24) is 9.78 Å². The first kappa shape index (κ1) is 11.3. The average molecular weight is 244 g/mol. The van der Waals surface area contributed by atoms with Gasteiger partial charge in [0.2, 0.25) is 0 Å². The standard InChI is InChI=1S/C14H16N2O2/c1-18-11-4-5-12-10(9-11)3-6-13(14(12)17)16-8-2-7-15-16/h2,4-5,7-9,13-14,17H,3,6H2,1H3. The third-order valence-electron chi connectivity index (χ3n) is 3.61. The second-order valence-corrected chi connectivity index (χ2v) is 4.60. The van der Waals surface area contributed by atoms with Gasteiger partial charge in [-0.2, -0.15) is 5.10 Å². The van der Waals surface area contributed by atoms with E-state index >= 15 is 0 Å². The van der Waals surface area contributed by atoms with Crippen LogP contribution in [0.2, 0.25) is 0 Å². The van der Waals surface area contributed by atoms with Crippen LogP contribution in [-0.2, 0) is 6.42 Å². The lowest BCUT2D eigenvalue weighted by molar-refractivity contribution is 0.0921. The summed E-state index contributed by atoms with van der Waals surface area (Å²) >= 11 is 0. The largest absolute Gasteiger partial charge is 0.497 e. The van der Waals surface area contributed by atoms with E-state index in [0.29, 0.717) is 0 Å². The molecule has 0 saturated carbocycles. The minimum absolute atomic E-state index is 0.0286. The Balaban J connectivity index is 1.95. The SMILES string of the molecule is COc1ccc2c(c1)CCC(n1cccn1)C2O. The summed E-state index contributed by atoms with van der Waals surface area (Å²) in [6.07, 6.45) is 4.98. The minimum Gasteiger partial charge on any atom is -0.497 e. The molecule has 1 N–H and O–H groups in total. The molecule has 0 bridgehead atoms. The van der Waals surface area contributed by atoms with Gasteiger partial charge in [-0.05, 0) is 42.2 Å². The number of fused-ring (bicyclic) bond motifs is 1. The number of aliphatic hydroxyl groups is 1. The Morgan fingerprint density at radius 2 is 2.33 bits per heavy atom. The van der Waals surface area contributed by atoms with Crippen molar-refractivity contribution >= 4 is 0 Å². The van der Waals surface area contributed by atoms with Crippen molar-refractivity contribution in [2.75, 3.05) is 7.11 Å². The molecule has 1 aromatic heterocycles. The zero-order valence-electron chi connectivity index (χ0n) is 10.3. The van der Waals surface area contributed by atoms with E-state index in [9.17, 15) is 5.11 Å². The van der Waals surface area contributed by atoms with Crippen molar-refractivity contribution < 1.29 is 9.84 Å². The van der Waals surface area contributed by atoms with Crippen molar-refractivity contribution in [3.05, 3.63) is 47.8 Å². The van der Waals surface area contributed by atoms with Crippen LogP contribution in [0.5, 0.6) is 5.75 Å². The highest BCUT2D eigenvalue weighted by atomic mass is 16.5. The van der Waals surface area contributed by atoms with E-state index in [1.54, 1.807) is 13.3 Å². The molecule has 94 valence electrons. The molecule has 0 radical (unpaired) electrons. The summed E-state index contributed by atoms with van der Waals surface area (Å²) in [5, 5.41) is 14.7. The van der Waals surface area contributed by atoms with Crippen LogP contribution in [0.15, 0.2) is 36.7 Å². The van der Waals surface area contributed by atoms with E-state index in [1.807, 2.05) is 35.1 Å². The topological polar surface area (TPSA) is 47.3 Å². The Hall–Kier alpha value is -1.81. The predicted octanol–water partition coefficient (Wildman–Crippen LogP) is 2.11. The van der Waals surface area contributed by atoms with Gasteiger partial charge in [-0.15, -0.1) is 0 Å². The highest BCUT2D eigenvalue weighted by molar-refractivity contribution is 5.39. The number of aliphatic hydroxyl groups excluding tert-OH is 1. The van der Waals surface area contributed by atoms with Crippen LogP contribution >= 0.6 is 0 Å². The van der Waals surface area contributed by atoms with Gasteiger partial charge in [-0.1, -0.05) is 6.07 Å². The van der Waals surface area contributed by atoms with Gasteiger partial charge in [0.15, 0.2) is 0 Å². The van der Waals surface area contributed by atoms with Gasteiger partial charge in [0.1, 0.15) is 11.9 Å². The molecule has 4 nitrogen and oxygen atoms in total. The zero-order chi connectivity index (χ0) is 12.5. The number of rotatable bonds is 2. The number of benzene rings is 1. The van der Waals surface area contributed by atoms with Crippen LogP contribution < -0.4 is 4.74 Å². The molecule has 1 aromatic carbocycles. The molecule has 0 spiro atoms. The molecule has 2 unspecified atom stereocenters. The molecule has 2 atom stereocenters. The highest BCUT2D eigenvalue weighted by Gasteiger charge is 2.29. The first-order valence-electron chi connectivity index (χ1n) is 6.13. The molecule has 1 heterocycles. The van der Waals surface area contributed by atoms with Gasteiger partial charge in [0.05, 0.1) is 13.2 Å². The fourth-order valence-corrected chi connectivity index (χ4v) is 2.64. The molecule has 0 amide bonds. The summed E-state index contributed by atoms with van der Waals surface area (Å²) in [6.45, 7) is 0. The van der Waals surface area contributed by atoms with E-state index < -0.39 is 6.10 Å². The summed E-state index contributed by atoms with van der Waals surface area (Å²) < 4.78 is 7.06. The van der Waals surface area contributed by atoms with Crippen molar-refractivity contribution in [3.8, 4) is 5.75 Å². The quantitative estimate of drug-likeness (QED) is 0.880. The second kappa shape index (κ2) is 4.46. The van der Waals surface area contributed by atoms with Crippen LogP contribution in [0, 0.1) is 0 Å². The van der Waals surface area contributed by atoms with Crippen LogP contribution in [0.4, 0.5) is 0 Å². The molecule has 2 aromatic rings. The molecule has 0 saturated heterocycles. The molecule has 18 heavy (non-hydrogen) atoms. The van der Waals surface area contributed by atoms with Gasteiger partial charge in [0, 0.05) is 12.4 Å². The van der Waals surface area contributed by atoms with Gasteiger partial charge < -0.3 is 9.84 Å². The number of hydrogen-bond acceptors (Lipinski definition) is 3. The lowest BCUT2D eigenvalue weighted by Crippen LogP contribution is -2.24. The highest BCUT2D eigenvalue weighted by Crippen LogP contribution is 2.38. The molecule has 3 rings (SSSR count). The van der Waals surface area contributed by atoms with Crippen molar-refractivity contribution in [2.24, 2.45) is 0 Å². The van der Waals surface area contributed by atoms with Crippen LogP contribution in [-0.4, -0.2) is 22.0 Å². The number of nitrogens with zero attached hydrogens (tertiary/aromatic N) is 2. The molecule has 1 aliphatic carbocycles. The number of aromatic nitrogens is 2. The predicted molar refractivity (Wildman–Crippen MR) is 67.5 cm³/mol. The number of ether oxygens (including phenoxy) is 1. The Labute approximate surface area is 106 Å².